The van der Waals surface area contributed by atoms with Gasteiger partial charge in [0, 0.05) is 24.8 Å². The van der Waals surface area contributed by atoms with E-state index in [9.17, 15) is 14.4 Å². The van der Waals surface area contributed by atoms with Crippen molar-refractivity contribution in [1.29, 1.82) is 0 Å². The van der Waals surface area contributed by atoms with Gasteiger partial charge in [0.25, 0.3) is 0 Å². The highest BCUT2D eigenvalue weighted by Crippen LogP contribution is 2.21. The largest absolute Gasteiger partial charge is 0.469 e. The Bertz CT molecular complexity index is 831. The Hall–Kier alpha value is -2.15. The Balaban J connectivity index is 1.74. The lowest BCUT2D eigenvalue weighted by atomic mass is 9.97. The Morgan fingerprint density at radius 2 is 2.04 bits per heavy atom. The number of likely N-dealkylation sites (tertiary alicyclic amines) is 1. The van der Waals surface area contributed by atoms with Gasteiger partial charge in [0.05, 0.1) is 23.2 Å². The number of hydrogen-bond acceptors (Lipinski definition) is 5. The number of pyridine rings is 1. The smallest absolute Gasteiger partial charge is 0.308 e. The first-order valence-corrected chi connectivity index (χ1v) is 8.82. The van der Waals surface area contributed by atoms with E-state index < -0.39 is 0 Å². The molecule has 6 nitrogen and oxygen atoms in total. The number of methoxy groups -OCH3 is 1. The van der Waals surface area contributed by atoms with Crippen LogP contribution in [0.5, 0.6) is 0 Å². The SMILES string of the molecule is COC(=O)C1CCN(C(=O)Cn2c(C)cc(=O)c3sccc32)CC1. The van der Waals surface area contributed by atoms with Gasteiger partial charge < -0.3 is 14.2 Å². The number of thiophene rings is 1. The molecule has 0 aromatic carbocycles. The standard InChI is InChI=1S/C17H20N2O4S/c1-11-9-14(20)16-13(5-8-24-16)19(11)10-15(21)18-6-3-12(4-7-18)17(22)23-2/h5,8-9,12H,3-4,6-7,10H2,1-2H3. The Morgan fingerprint density at radius 3 is 2.71 bits per heavy atom. The van der Waals surface area contributed by atoms with Crippen molar-refractivity contribution in [3.63, 3.8) is 0 Å². The molecule has 0 aliphatic carbocycles. The summed E-state index contributed by atoms with van der Waals surface area (Å²) in [6.45, 7) is 3.17. The van der Waals surface area contributed by atoms with E-state index in [0.717, 1.165) is 11.2 Å². The molecule has 2 aromatic rings. The van der Waals surface area contributed by atoms with E-state index in [2.05, 4.69) is 0 Å². The molecule has 0 spiro atoms. The van der Waals surface area contributed by atoms with Crippen molar-refractivity contribution in [3.05, 3.63) is 33.4 Å². The fraction of sp³-hybridized carbons (Fsp3) is 0.471. The van der Waals surface area contributed by atoms with Crippen molar-refractivity contribution < 1.29 is 14.3 Å². The molecule has 7 heteroatoms. The molecule has 1 aliphatic rings. The van der Waals surface area contributed by atoms with Gasteiger partial charge in [0.2, 0.25) is 5.91 Å². The van der Waals surface area contributed by atoms with Crippen LogP contribution in [0.15, 0.2) is 22.3 Å². The zero-order valence-corrected chi connectivity index (χ0v) is 14.6. The monoisotopic (exact) mass is 348 g/mol. The second-order valence-electron chi connectivity index (χ2n) is 6.05. The van der Waals surface area contributed by atoms with Crippen LogP contribution in [0, 0.1) is 12.8 Å². The number of fused-ring (bicyclic) bond motifs is 1. The second-order valence-corrected chi connectivity index (χ2v) is 6.97. The molecule has 128 valence electrons. The molecule has 1 saturated heterocycles. The van der Waals surface area contributed by atoms with E-state index in [0.29, 0.717) is 30.6 Å². The summed E-state index contributed by atoms with van der Waals surface area (Å²) in [4.78, 5) is 38.0. The summed E-state index contributed by atoms with van der Waals surface area (Å²) in [6, 6.07) is 3.46. The van der Waals surface area contributed by atoms with Gasteiger partial charge in [-0.05, 0) is 31.2 Å². The van der Waals surface area contributed by atoms with E-state index in [-0.39, 0.29) is 29.8 Å². The number of rotatable bonds is 3. The molecule has 0 atom stereocenters. The van der Waals surface area contributed by atoms with Gasteiger partial charge in [-0.25, -0.2) is 0 Å². The maximum absolute atomic E-state index is 12.6. The van der Waals surface area contributed by atoms with Crippen LogP contribution in [0.25, 0.3) is 10.2 Å². The number of amides is 1. The molecule has 3 heterocycles. The minimum absolute atomic E-state index is 0.0000845. The molecule has 0 radical (unpaired) electrons. The van der Waals surface area contributed by atoms with Crippen molar-refractivity contribution in [2.24, 2.45) is 5.92 Å². The Kier molecular flexibility index (Phi) is 4.71. The molecule has 0 N–H and O–H groups in total. The second kappa shape index (κ2) is 6.76. The van der Waals surface area contributed by atoms with Gasteiger partial charge in [-0.3, -0.25) is 14.4 Å². The van der Waals surface area contributed by atoms with Crippen LogP contribution < -0.4 is 5.43 Å². The molecule has 0 bridgehead atoms. The summed E-state index contributed by atoms with van der Waals surface area (Å²) in [6.07, 6.45) is 1.27. The normalized spacial score (nSPS) is 15.7. The van der Waals surface area contributed by atoms with Gasteiger partial charge >= 0.3 is 5.97 Å². The van der Waals surface area contributed by atoms with Crippen LogP contribution >= 0.6 is 11.3 Å². The lowest BCUT2D eigenvalue weighted by Gasteiger charge is -2.31. The predicted molar refractivity (Wildman–Crippen MR) is 92.1 cm³/mol. The molecule has 1 amide bonds. The topological polar surface area (TPSA) is 68.6 Å². The molecule has 0 saturated carbocycles. The van der Waals surface area contributed by atoms with E-state index in [4.69, 9.17) is 4.74 Å². The first kappa shape index (κ1) is 16.7. The third-order valence-corrected chi connectivity index (χ3v) is 5.52. The predicted octanol–water partition coefficient (Wildman–Crippen LogP) is 1.78. The van der Waals surface area contributed by atoms with Crippen molar-refractivity contribution >= 4 is 33.4 Å². The summed E-state index contributed by atoms with van der Waals surface area (Å²) in [5.74, 6) is -0.298. The molecular weight excluding hydrogens is 328 g/mol. The zero-order valence-electron chi connectivity index (χ0n) is 13.8. The van der Waals surface area contributed by atoms with Gasteiger partial charge in [-0.15, -0.1) is 11.3 Å². The first-order valence-electron chi connectivity index (χ1n) is 7.94. The van der Waals surface area contributed by atoms with Gasteiger partial charge in [0.1, 0.15) is 6.54 Å². The summed E-state index contributed by atoms with van der Waals surface area (Å²) < 4.78 is 7.34. The molecule has 0 unspecified atom stereocenters. The van der Waals surface area contributed by atoms with Crippen molar-refractivity contribution in [3.8, 4) is 0 Å². The molecule has 24 heavy (non-hydrogen) atoms. The van der Waals surface area contributed by atoms with Crippen molar-refractivity contribution in [1.82, 2.24) is 9.47 Å². The summed E-state index contributed by atoms with van der Waals surface area (Å²) in [5.41, 5.74) is 1.59. The number of carbonyl (C=O) groups is 2. The number of carbonyl (C=O) groups excluding carboxylic acids is 2. The Labute approximate surface area is 143 Å². The summed E-state index contributed by atoms with van der Waals surface area (Å²) in [5, 5.41) is 1.87. The van der Waals surface area contributed by atoms with Gasteiger partial charge in [0.15, 0.2) is 5.43 Å². The first-order chi connectivity index (χ1) is 11.5. The number of aromatic nitrogens is 1. The van der Waals surface area contributed by atoms with Gasteiger partial charge in [-0.2, -0.15) is 0 Å². The average Bonchev–Trinajstić information content (AvgIpc) is 3.08. The van der Waals surface area contributed by atoms with Crippen LogP contribution in [0.2, 0.25) is 0 Å². The minimum atomic E-state index is -0.196. The van der Waals surface area contributed by atoms with Crippen LogP contribution in [-0.2, 0) is 20.9 Å². The molecule has 2 aromatic heterocycles. The van der Waals surface area contributed by atoms with Gasteiger partial charge in [-0.1, -0.05) is 0 Å². The number of piperidine rings is 1. The highest BCUT2D eigenvalue weighted by Gasteiger charge is 2.28. The number of nitrogens with zero attached hydrogens (tertiary/aromatic N) is 2. The fourth-order valence-electron chi connectivity index (χ4n) is 3.20. The van der Waals surface area contributed by atoms with E-state index in [1.54, 1.807) is 11.0 Å². The van der Waals surface area contributed by atoms with E-state index in [1.165, 1.54) is 18.4 Å². The summed E-state index contributed by atoms with van der Waals surface area (Å²) >= 11 is 1.40. The third kappa shape index (κ3) is 3.08. The number of aryl methyl sites for hydroxylation is 1. The van der Waals surface area contributed by atoms with Crippen LogP contribution in [0.3, 0.4) is 0 Å². The average molecular weight is 348 g/mol. The highest BCUT2D eigenvalue weighted by atomic mass is 32.1. The fourth-order valence-corrected chi connectivity index (χ4v) is 4.01. The molecular formula is C17H20N2O4S. The quantitative estimate of drug-likeness (QED) is 0.793. The summed E-state index contributed by atoms with van der Waals surface area (Å²) in [7, 11) is 1.39. The number of esters is 1. The van der Waals surface area contributed by atoms with Crippen molar-refractivity contribution in [2.45, 2.75) is 26.3 Å². The van der Waals surface area contributed by atoms with Crippen LogP contribution in [0.1, 0.15) is 18.5 Å². The molecule has 1 aliphatic heterocycles. The van der Waals surface area contributed by atoms with Crippen molar-refractivity contribution in [2.75, 3.05) is 20.2 Å². The Morgan fingerprint density at radius 1 is 1.33 bits per heavy atom. The number of hydrogen-bond donors (Lipinski definition) is 0. The minimum Gasteiger partial charge on any atom is -0.469 e. The van der Waals surface area contributed by atoms with E-state index >= 15 is 0 Å². The van der Waals surface area contributed by atoms with Crippen LogP contribution in [0.4, 0.5) is 0 Å². The maximum Gasteiger partial charge on any atom is 0.308 e. The molecule has 1 fully saturated rings. The van der Waals surface area contributed by atoms with Crippen LogP contribution in [-0.4, -0.2) is 41.5 Å². The molecule has 3 rings (SSSR count). The number of ether oxygens (including phenoxy) is 1. The highest BCUT2D eigenvalue weighted by molar-refractivity contribution is 7.17. The third-order valence-electron chi connectivity index (χ3n) is 4.60. The maximum atomic E-state index is 12.6. The zero-order chi connectivity index (χ0) is 17.3. The lowest BCUT2D eigenvalue weighted by molar-refractivity contribution is -0.149. The lowest BCUT2D eigenvalue weighted by Crippen LogP contribution is -2.42. The van der Waals surface area contributed by atoms with E-state index in [1.807, 2.05) is 22.9 Å².